The van der Waals surface area contributed by atoms with Gasteiger partial charge in [0.05, 0.1) is 24.7 Å². The van der Waals surface area contributed by atoms with Crippen LogP contribution in [0, 0.1) is 6.92 Å². The van der Waals surface area contributed by atoms with E-state index < -0.39 is 5.97 Å². The van der Waals surface area contributed by atoms with Crippen LogP contribution >= 0.6 is 11.3 Å². The van der Waals surface area contributed by atoms with Gasteiger partial charge in [-0.15, -0.1) is 11.3 Å². The molecule has 3 heterocycles. The minimum Gasteiger partial charge on any atom is -0.488 e. The highest BCUT2D eigenvalue weighted by Crippen LogP contribution is 2.38. The lowest BCUT2D eigenvalue weighted by Crippen LogP contribution is -2.21. The van der Waals surface area contributed by atoms with Crippen molar-refractivity contribution < 1.29 is 19.1 Å². The second kappa shape index (κ2) is 6.88. The first-order valence-corrected chi connectivity index (χ1v) is 9.19. The Balaban J connectivity index is 1.59. The Hall–Kier alpha value is -3.13. The second-order valence-corrected chi connectivity index (χ2v) is 7.08. The van der Waals surface area contributed by atoms with E-state index >= 15 is 0 Å². The van der Waals surface area contributed by atoms with Crippen molar-refractivity contribution in [2.75, 3.05) is 12.4 Å². The van der Waals surface area contributed by atoms with E-state index in [1.165, 1.54) is 18.4 Å². The molecule has 4 rings (SSSR count). The van der Waals surface area contributed by atoms with E-state index in [1.54, 1.807) is 22.3 Å². The summed E-state index contributed by atoms with van der Waals surface area (Å²) in [6, 6.07) is 7.62. The van der Waals surface area contributed by atoms with Crippen LogP contribution in [0.3, 0.4) is 0 Å². The number of carbonyl (C=O) groups excluding carboxylic acids is 2. The lowest BCUT2D eigenvalue weighted by molar-refractivity contribution is -0.116. The van der Waals surface area contributed by atoms with E-state index in [1.807, 2.05) is 25.1 Å². The number of aryl methyl sites for hydroxylation is 1. The SMILES string of the molecule is COC(=O)c1sccc1NC(=O)Cn1ncc2c1-c1cc(C)ccc1OC2. The van der Waals surface area contributed by atoms with Crippen LogP contribution in [0.2, 0.25) is 0 Å². The number of hydrogen-bond acceptors (Lipinski definition) is 6. The molecule has 0 unspecified atom stereocenters. The first-order chi connectivity index (χ1) is 13.1. The Morgan fingerprint density at radius 3 is 3.04 bits per heavy atom. The number of anilines is 1. The molecule has 8 heteroatoms. The minimum absolute atomic E-state index is 0.0270. The molecule has 0 fully saturated rings. The summed E-state index contributed by atoms with van der Waals surface area (Å²) in [7, 11) is 1.31. The Morgan fingerprint density at radius 2 is 2.22 bits per heavy atom. The van der Waals surface area contributed by atoms with Crippen LogP contribution < -0.4 is 10.1 Å². The smallest absolute Gasteiger partial charge is 0.350 e. The number of esters is 1. The average Bonchev–Trinajstić information content (AvgIpc) is 3.28. The van der Waals surface area contributed by atoms with Crippen LogP contribution in [0.1, 0.15) is 20.8 Å². The van der Waals surface area contributed by atoms with Crippen molar-refractivity contribution in [3.8, 4) is 17.0 Å². The van der Waals surface area contributed by atoms with Crippen LogP contribution in [0.4, 0.5) is 5.69 Å². The minimum atomic E-state index is -0.474. The molecule has 1 amide bonds. The number of thiophene rings is 1. The number of methoxy groups -OCH3 is 1. The second-order valence-electron chi connectivity index (χ2n) is 6.17. The highest BCUT2D eigenvalue weighted by Gasteiger charge is 2.24. The van der Waals surface area contributed by atoms with E-state index in [9.17, 15) is 9.59 Å². The van der Waals surface area contributed by atoms with Gasteiger partial charge in [-0.1, -0.05) is 11.6 Å². The molecule has 0 saturated heterocycles. The van der Waals surface area contributed by atoms with Gasteiger partial charge in [-0.3, -0.25) is 9.48 Å². The number of amides is 1. The third-order valence-corrected chi connectivity index (χ3v) is 5.19. The van der Waals surface area contributed by atoms with E-state index in [4.69, 9.17) is 9.47 Å². The summed E-state index contributed by atoms with van der Waals surface area (Å²) in [6.45, 7) is 2.45. The standard InChI is InChI=1S/C19H17N3O4S/c1-11-3-4-15-13(7-11)17-12(10-26-15)8-20-22(17)9-16(23)21-14-5-6-27-18(14)19(24)25-2/h3-8H,9-10H2,1-2H3,(H,21,23). The van der Waals surface area contributed by atoms with Crippen molar-refractivity contribution >= 4 is 28.9 Å². The number of ether oxygens (including phenoxy) is 2. The maximum absolute atomic E-state index is 12.6. The van der Waals surface area contributed by atoms with Gasteiger partial charge in [-0.25, -0.2) is 4.79 Å². The molecule has 0 bridgehead atoms. The zero-order chi connectivity index (χ0) is 19.0. The predicted molar refractivity (Wildman–Crippen MR) is 101 cm³/mol. The Kier molecular flexibility index (Phi) is 4.41. The van der Waals surface area contributed by atoms with E-state index in [0.29, 0.717) is 17.2 Å². The van der Waals surface area contributed by atoms with Gasteiger partial charge >= 0.3 is 5.97 Å². The zero-order valence-electron chi connectivity index (χ0n) is 14.8. The van der Waals surface area contributed by atoms with Crippen LogP contribution in [-0.2, 0) is 22.7 Å². The van der Waals surface area contributed by atoms with Gasteiger partial charge in [0.2, 0.25) is 5.91 Å². The van der Waals surface area contributed by atoms with Gasteiger partial charge in [0.1, 0.15) is 23.8 Å². The molecule has 0 saturated carbocycles. The van der Waals surface area contributed by atoms with Gasteiger partial charge in [0.15, 0.2) is 0 Å². The fraction of sp³-hybridized carbons (Fsp3) is 0.211. The molecular formula is C19H17N3O4S. The summed E-state index contributed by atoms with van der Waals surface area (Å²) in [6.07, 6.45) is 1.72. The molecule has 1 N–H and O–H groups in total. The summed E-state index contributed by atoms with van der Waals surface area (Å²) >= 11 is 1.22. The first kappa shape index (κ1) is 17.3. The molecule has 0 aliphatic carbocycles. The number of nitrogens with zero attached hydrogens (tertiary/aromatic N) is 2. The van der Waals surface area contributed by atoms with Crippen LogP contribution in [0.25, 0.3) is 11.3 Å². The zero-order valence-corrected chi connectivity index (χ0v) is 15.6. The Bertz CT molecular complexity index is 1040. The number of carbonyl (C=O) groups is 2. The van der Waals surface area contributed by atoms with Crippen molar-refractivity contribution in [2.24, 2.45) is 0 Å². The summed E-state index contributed by atoms with van der Waals surface area (Å²) in [5.74, 6) is 0.0320. The van der Waals surface area contributed by atoms with Crippen molar-refractivity contribution in [1.29, 1.82) is 0 Å². The number of hydrogen-bond donors (Lipinski definition) is 1. The molecule has 138 valence electrons. The third kappa shape index (κ3) is 3.19. The van der Waals surface area contributed by atoms with Crippen molar-refractivity contribution in [3.05, 3.63) is 51.8 Å². The highest BCUT2D eigenvalue weighted by atomic mass is 32.1. The van der Waals surface area contributed by atoms with Crippen LogP contribution in [0.5, 0.6) is 5.75 Å². The largest absolute Gasteiger partial charge is 0.488 e. The molecule has 1 aromatic carbocycles. The van der Waals surface area contributed by atoms with Gasteiger partial charge in [-0.2, -0.15) is 5.10 Å². The maximum Gasteiger partial charge on any atom is 0.350 e. The summed E-state index contributed by atoms with van der Waals surface area (Å²) in [5, 5.41) is 8.85. The summed E-state index contributed by atoms with van der Waals surface area (Å²) < 4.78 is 12.2. The lowest BCUT2D eigenvalue weighted by Gasteiger charge is -2.19. The normalized spacial score (nSPS) is 11.9. The predicted octanol–water partition coefficient (Wildman–Crippen LogP) is 3.24. The Labute approximate surface area is 159 Å². The fourth-order valence-electron chi connectivity index (χ4n) is 3.06. The first-order valence-electron chi connectivity index (χ1n) is 8.31. The van der Waals surface area contributed by atoms with E-state index in [0.717, 1.165) is 28.1 Å². The number of benzene rings is 1. The van der Waals surface area contributed by atoms with Gasteiger partial charge < -0.3 is 14.8 Å². The molecule has 27 heavy (non-hydrogen) atoms. The Morgan fingerprint density at radius 1 is 1.37 bits per heavy atom. The molecule has 0 radical (unpaired) electrons. The van der Waals surface area contributed by atoms with Crippen molar-refractivity contribution in [2.45, 2.75) is 20.1 Å². The maximum atomic E-state index is 12.6. The summed E-state index contributed by atoms with van der Waals surface area (Å²) in [4.78, 5) is 24.7. The van der Waals surface area contributed by atoms with Gasteiger partial charge in [0, 0.05) is 11.1 Å². The third-order valence-electron chi connectivity index (χ3n) is 4.29. The molecule has 7 nitrogen and oxygen atoms in total. The topological polar surface area (TPSA) is 82.5 Å². The molecule has 1 aliphatic heterocycles. The lowest BCUT2D eigenvalue weighted by atomic mass is 10.0. The molecule has 0 atom stereocenters. The van der Waals surface area contributed by atoms with Gasteiger partial charge in [0.25, 0.3) is 0 Å². The highest BCUT2D eigenvalue weighted by molar-refractivity contribution is 7.12. The molecule has 2 aromatic heterocycles. The van der Waals surface area contributed by atoms with Crippen LogP contribution in [-0.4, -0.2) is 28.8 Å². The quantitative estimate of drug-likeness (QED) is 0.700. The molecule has 1 aliphatic rings. The van der Waals surface area contributed by atoms with Crippen molar-refractivity contribution in [3.63, 3.8) is 0 Å². The molecule has 3 aromatic rings. The average molecular weight is 383 g/mol. The fourth-order valence-corrected chi connectivity index (χ4v) is 3.82. The number of fused-ring (bicyclic) bond motifs is 3. The van der Waals surface area contributed by atoms with Crippen molar-refractivity contribution in [1.82, 2.24) is 9.78 Å². The molecular weight excluding hydrogens is 366 g/mol. The van der Waals surface area contributed by atoms with E-state index in [2.05, 4.69) is 10.4 Å². The van der Waals surface area contributed by atoms with Crippen LogP contribution in [0.15, 0.2) is 35.8 Å². The number of aromatic nitrogens is 2. The number of nitrogens with one attached hydrogen (secondary N) is 1. The molecule has 0 spiro atoms. The number of rotatable bonds is 4. The monoisotopic (exact) mass is 383 g/mol. The van der Waals surface area contributed by atoms with E-state index in [-0.39, 0.29) is 12.5 Å². The summed E-state index contributed by atoms with van der Waals surface area (Å²) in [5.41, 5.74) is 4.29. The van der Waals surface area contributed by atoms with Gasteiger partial charge in [-0.05, 0) is 30.5 Å².